The highest BCUT2D eigenvalue weighted by molar-refractivity contribution is 6.28. The van der Waals surface area contributed by atoms with Crippen LogP contribution in [-0.4, -0.2) is 17.0 Å². The van der Waals surface area contributed by atoms with Gasteiger partial charge >= 0.3 is 0 Å². The second kappa shape index (κ2) is 3.90. The van der Waals surface area contributed by atoms with E-state index < -0.39 is 0 Å². The molecule has 0 spiro atoms. The molecule has 0 saturated carbocycles. The Morgan fingerprint density at radius 1 is 1.47 bits per heavy atom. The predicted molar refractivity (Wildman–Crippen MR) is 58.6 cm³/mol. The molecule has 2 aromatic rings. The van der Waals surface area contributed by atoms with Crippen molar-refractivity contribution in [1.29, 1.82) is 0 Å². The molecule has 0 aliphatic rings. The van der Waals surface area contributed by atoms with E-state index in [9.17, 15) is 0 Å². The lowest BCUT2D eigenvalue weighted by atomic mass is 10.3. The van der Waals surface area contributed by atoms with Crippen molar-refractivity contribution >= 4 is 23.3 Å². The molecule has 0 saturated heterocycles. The molecule has 2 heterocycles. The predicted octanol–water partition coefficient (Wildman–Crippen LogP) is 2.80. The van der Waals surface area contributed by atoms with Crippen LogP contribution in [0, 0.1) is 6.92 Å². The molecule has 0 aliphatic heterocycles. The molecule has 0 fully saturated rings. The standard InChI is InChI=1S/C10H10ClN3O/c1-7-6-12-10(11)13-9(7)14(2)8-4-3-5-15-8/h3-6H,1-2H3. The summed E-state index contributed by atoms with van der Waals surface area (Å²) in [5.41, 5.74) is 0.943. The Bertz CT molecular complexity index is 456. The summed E-state index contributed by atoms with van der Waals surface area (Å²) in [6.07, 6.45) is 3.30. The van der Waals surface area contributed by atoms with E-state index in [1.54, 1.807) is 12.5 Å². The highest BCUT2D eigenvalue weighted by atomic mass is 35.5. The second-order valence-electron chi connectivity index (χ2n) is 3.16. The zero-order valence-electron chi connectivity index (χ0n) is 8.44. The van der Waals surface area contributed by atoms with Crippen molar-refractivity contribution in [2.24, 2.45) is 0 Å². The van der Waals surface area contributed by atoms with Gasteiger partial charge in [-0.05, 0) is 24.6 Å². The van der Waals surface area contributed by atoms with Gasteiger partial charge in [-0.2, -0.15) is 4.98 Å². The summed E-state index contributed by atoms with van der Waals surface area (Å²) in [4.78, 5) is 9.87. The molecule has 78 valence electrons. The molecule has 0 aromatic carbocycles. The van der Waals surface area contributed by atoms with Crippen molar-refractivity contribution in [3.05, 3.63) is 35.4 Å². The van der Waals surface area contributed by atoms with E-state index in [1.807, 2.05) is 31.0 Å². The third-order valence-corrected chi connectivity index (χ3v) is 2.25. The summed E-state index contributed by atoms with van der Waals surface area (Å²) < 4.78 is 5.27. The summed E-state index contributed by atoms with van der Waals surface area (Å²) in [6.45, 7) is 1.92. The Labute approximate surface area is 92.5 Å². The zero-order valence-corrected chi connectivity index (χ0v) is 9.19. The molecule has 4 nitrogen and oxygen atoms in total. The van der Waals surface area contributed by atoms with Crippen LogP contribution in [0.25, 0.3) is 0 Å². The van der Waals surface area contributed by atoms with E-state index in [-0.39, 0.29) is 5.28 Å². The van der Waals surface area contributed by atoms with Gasteiger partial charge in [0.1, 0.15) is 5.82 Å². The Morgan fingerprint density at radius 3 is 2.93 bits per heavy atom. The first-order valence-electron chi connectivity index (χ1n) is 4.45. The van der Waals surface area contributed by atoms with Gasteiger partial charge in [-0.25, -0.2) is 4.98 Å². The van der Waals surface area contributed by atoms with Gasteiger partial charge in [0.15, 0.2) is 0 Å². The average Bonchev–Trinajstić information content (AvgIpc) is 2.74. The van der Waals surface area contributed by atoms with Crippen LogP contribution < -0.4 is 4.90 Å². The van der Waals surface area contributed by atoms with E-state index in [0.29, 0.717) is 5.88 Å². The van der Waals surface area contributed by atoms with Gasteiger partial charge in [0.2, 0.25) is 11.2 Å². The van der Waals surface area contributed by atoms with Crippen LogP contribution in [0.1, 0.15) is 5.56 Å². The van der Waals surface area contributed by atoms with Crippen molar-refractivity contribution in [3.63, 3.8) is 0 Å². The molecule has 0 unspecified atom stereocenters. The third-order valence-electron chi connectivity index (χ3n) is 2.07. The summed E-state index contributed by atoms with van der Waals surface area (Å²) >= 11 is 5.74. The number of aryl methyl sites for hydroxylation is 1. The number of hydrogen-bond donors (Lipinski definition) is 0. The Hall–Kier alpha value is -1.55. The van der Waals surface area contributed by atoms with Gasteiger partial charge in [-0.1, -0.05) is 0 Å². The van der Waals surface area contributed by atoms with Gasteiger partial charge in [0.25, 0.3) is 0 Å². The van der Waals surface area contributed by atoms with E-state index in [0.717, 1.165) is 11.4 Å². The maximum Gasteiger partial charge on any atom is 0.224 e. The molecule has 0 bridgehead atoms. The number of halogens is 1. The fraction of sp³-hybridized carbons (Fsp3) is 0.200. The number of rotatable bonds is 2. The summed E-state index contributed by atoms with van der Waals surface area (Å²) in [6, 6.07) is 3.68. The number of anilines is 2. The molecule has 2 rings (SSSR count). The largest absolute Gasteiger partial charge is 0.448 e. The number of hydrogen-bond acceptors (Lipinski definition) is 4. The molecule has 0 aliphatic carbocycles. The lowest BCUT2D eigenvalue weighted by Crippen LogP contribution is -2.12. The Balaban J connectivity index is 2.41. The van der Waals surface area contributed by atoms with Crippen molar-refractivity contribution in [1.82, 2.24) is 9.97 Å². The molecule has 0 amide bonds. The number of nitrogens with zero attached hydrogens (tertiary/aromatic N) is 3. The van der Waals surface area contributed by atoms with Gasteiger partial charge in [0, 0.05) is 24.9 Å². The maximum absolute atomic E-state index is 5.74. The van der Waals surface area contributed by atoms with Crippen molar-refractivity contribution < 1.29 is 4.42 Å². The van der Waals surface area contributed by atoms with E-state index >= 15 is 0 Å². The highest BCUT2D eigenvalue weighted by Gasteiger charge is 2.11. The van der Waals surface area contributed by atoms with Crippen LogP contribution in [-0.2, 0) is 0 Å². The van der Waals surface area contributed by atoms with Gasteiger partial charge in [0.05, 0.1) is 6.26 Å². The molecule has 15 heavy (non-hydrogen) atoms. The zero-order chi connectivity index (χ0) is 10.8. The molecule has 0 N–H and O–H groups in total. The minimum Gasteiger partial charge on any atom is -0.448 e. The molecular formula is C10H10ClN3O. The Morgan fingerprint density at radius 2 is 2.27 bits per heavy atom. The van der Waals surface area contributed by atoms with E-state index in [2.05, 4.69) is 9.97 Å². The van der Waals surface area contributed by atoms with Crippen molar-refractivity contribution in [2.75, 3.05) is 11.9 Å². The Kier molecular flexibility index (Phi) is 2.60. The van der Waals surface area contributed by atoms with Gasteiger partial charge in [-0.3, -0.25) is 4.90 Å². The van der Waals surface area contributed by atoms with E-state index in [4.69, 9.17) is 16.0 Å². The van der Waals surface area contributed by atoms with Crippen LogP contribution in [0.15, 0.2) is 29.0 Å². The summed E-state index contributed by atoms with van der Waals surface area (Å²) in [7, 11) is 1.87. The van der Waals surface area contributed by atoms with Gasteiger partial charge in [-0.15, -0.1) is 0 Å². The topological polar surface area (TPSA) is 42.2 Å². The molecule has 5 heteroatoms. The van der Waals surface area contributed by atoms with Gasteiger partial charge < -0.3 is 4.42 Å². The van der Waals surface area contributed by atoms with Crippen LogP contribution >= 0.6 is 11.6 Å². The molecular weight excluding hydrogens is 214 g/mol. The lowest BCUT2D eigenvalue weighted by molar-refractivity contribution is 0.568. The average molecular weight is 224 g/mol. The molecule has 0 radical (unpaired) electrons. The molecule has 0 atom stereocenters. The maximum atomic E-state index is 5.74. The lowest BCUT2D eigenvalue weighted by Gasteiger charge is -2.16. The SMILES string of the molecule is Cc1cnc(Cl)nc1N(C)c1ccco1. The van der Waals surface area contributed by atoms with Crippen molar-refractivity contribution in [3.8, 4) is 0 Å². The number of aromatic nitrogens is 2. The summed E-state index contributed by atoms with van der Waals surface area (Å²) in [5.74, 6) is 1.46. The van der Waals surface area contributed by atoms with Crippen molar-refractivity contribution in [2.45, 2.75) is 6.92 Å². The number of furan rings is 1. The monoisotopic (exact) mass is 223 g/mol. The normalized spacial score (nSPS) is 10.3. The minimum absolute atomic E-state index is 0.231. The quantitative estimate of drug-likeness (QED) is 0.735. The van der Waals surface area contributed by atoms with E-state index in [1.165, 1.54) is 0 Å². The smallest absolute Gasteiger partial charge is 0.224 e. The minimum atomic E-state index is 0.231. The highest BCUT2D eigenvalue weighted by Crippen LogP contribution is 2.25. The van der Waals surface area contributed by atoms with Crippen LogP contribution in [0.2, 0.25) is 5.28 Å². The van der Waals surface area contributed by atoms with Crippen LogP contribution in [0.4, 0.5) is 11.7 Å². The first-order chi connectivity index (χ1) is 7.18. The molecule has 2 aromatic heterocycles. The van der Waals surface area contributed by atoms with Crippen LogP contribution in [0.5, 0.6) is 0 Å². The summed E-state index contributed by atoms with van der Waals surface area (Å²) in [5, 5.41) is 0.231. The third kappa shape index (κ3) is 1.94. The fourth-order valence-corrected chi connectivity index (χ4v) is 1.45. The second-order valence-corrected chi connectivity index (χ2v) is 3.49. The first kappa shape index (κ1) is 9.98. The first-order valence-corrected chi connectivity index (χ1v) is 4.82. The van der Waals surface area contributed by atoms with Crippen LogP contribution in [0.3, 0.4) is 0 Å². The fourth-order valence-electron chi connectivity index (χ4n) is 1.32.